The highest BCUT2D eigenvalue weighted by Gasteiger charge is 1.96. The normalized spacial score (nSPS) is 8.64. The molecular formula is C12H21NO. The van der Waals surface area contributed by atoms with E-state index in [4.69, 9.17) is 4.74 Å². The van der Waals surface area contributed by atoms with Gasteiger partial charge in [-0.25, -0.2) is 0 Å². The number of ether oxygens (including phenoxy) is 1. The molecule has 1 aromatic rings. The van der Waals surface area contributed by atoms with Gasteiger partial charge in [-0.05, 0) is 31.2 Å². The Morgan fingerprint density at radius 2 is 1.64 bits per heavy atom. The molecule has 1 rings (SSSR count). The smallest absolute Gasteiger partial charge is 0.119 e. The Labute approximate surface area is 87.5 Å². The maximum Gasteiger partial charge on any atom is 0.119 e. The van der Waals surface area contributed by atoms with Crippen molar-refractivity contribution in [2.45, 2.75) is 20.8 Å². The van der Waals surface area contributed by atoms with Crippen LogP contribution in [0.25, 0.3) is 0 Å². The molecule has 0 aliphatic carbocycles. The Morgan fingerprint density at radius 3 is 2.00 bits per heavy atom. The van der Waals surface area contributed by atoms with Crippen LogP contribution in [-0.4, -0.2) is 20.7 Å². The van der Waals surface area contributed by atoms with Gasteiger partial charge in [0, 0.05) is 19.3 Å². The summed E-state index contributed by atoms with van der Waals surface area (Å²) in [6, 6.07) is 8.06. The SMILES string of the molecule is CC.CCN(C)c1ccc(OC)cc1. The van der Waals surface area contributed by atoms with Gasteiger partial charge in [-0.15, -0.1) is 0 Å². The highest BCUT2D eigenvalue weighted by Crippen LogP contribution is 2.17. The summed E-state index contributed by atoms with van der Waals surface area (Å²) in [5.41, 5.74) is 1.22. The highest BCUT2D eigenvalue weighted by atomic mass is 16.5. The summed E-state index contributed by atoms with van der Waals surface area (Å²) in [5.74, 6) is 0.906. The Balaban J connectivity index is 0.000000791. The number of nitrogens with zero attached hydrogens (tertiary/aromatic N) is 1. The van der Waals surface area contributed by atoms with Gasteiger partial charge >= 0.3 is 0 Å². The monoisotopic (exact) mass is 195 g/mol. The minimum absolute atomic E-state index is 0.906. The van der Waals surface area contributed by atoms with Crippen LogP contribution < -0.4 is 9.64 Å². The molecule has 0 saturated heterocycles. The van der Waals surface area contributed by atoms with Crippen molar-refractivity contribution < 1.29 is 4.74 Å². The van der Waals surface area contributed by atoms with Crippen molar-refractivity contribution in [2.24, 2.45) is 0 Å². The summed E-state index contributed by atoms with van der Waals surface area (Å²) in [7, 11) is 3.75. The summed E-state index contributed by atoms with van der Waals surface area (Å²) in [4.78, 5) is 2.18. The van der Waals surface area contributed by atoms with E-state index in [0.29, 0.717) is 0 Å². The predicted octanol–water partition coefficient (Wildman–Crippen LogP) is 3.18. The van der Waals surface area contributed by atoms with Crippen molar-refractivity contribution in [3.8, 4) is 5.75 Å². The van der Waals surface area contributed by atoms with E-state index in [0.717, 1.165) is 12.3 Å². The quantitative estimate of drug-likeness (QED) is 0.734. The van der Waals surface area contributed by atoms with E-state index in [1.165, 1.54) is 5.69 Å². The average Bonchev–Trinajstić information content (AvgIpc) is 2.31. The minimum Gasteiger partial charge on any atom is -0.497 e. The van der Waals surface area contributed by atoms with Crippen LogP contribution in [0, 0.1) is 0 Å². The van der Waals surface area contributed by atoms with E-state index in [-0.39, 0.29) is 0 Å². The molecule has 0 aliphatic heterocycles. The molecule has 0 saturated carbocycles. The molecule has 1 aromatic carbocycles. The third-order valence-electron chi connectivity index (χ3n) is 1.99. The van der Waals surface area contributed by atoms with Crippen LogP contribution in [-0.2, 0) is 0 Å². The standard InChI is InChI=1S/C10H15NO.C2H6/c1-4-11(2)9-5-7-10(12-3)8-6-9;1-2/h5-8H,4H2,1-3H3;1-2H3. The first-order valence-corrected chi connectivity index (χ1v) is 5.13. The first-order valence-electron chi connectivity index (χ1n) is 5.13. The zero-order valence-electron chi connectivity index (χ0n) is 9.87. The zero-order valence-corrected chi connectivity index (χ0v) is 9.87. The summed E-state index contributed by atoms with van der Waals surface area (Å²) >= 11 is 0. The molecule has 0 N–H and O–H groups in total. The second-order valence-corrected chi connectivity index (χ2v) is 2.71. The Bertz CT molecular complexity index is 231. The lowest BCUT2D eigenvalue weighted by atomic mass is 10.3. The van der Waals surface area contributed by atoms with Gasteiger partial charge < -0.3 is 9.64 Å². The van der Waals surface area contributed by atoms with E-state index < -0.39 is 0 Å². The molecule has 80 valence electrons. The fourth-order valence-electron chi connectivity index (χ4n) is 1.02. The second-order valence-electron chi connectivity index (χ2n) is 2.71. The molecule has 2 nitrogen and oxygen atoms in total. The molecule has 0 bridgehead atoms. The molecule has 0 aromatic heterocycles. The van der Waals surface area contributed by atoms with Gasteiger partial charge in [0.05, 0.1) is 7.11 Å². The Kier molecular flexibility index (Phi) is 6.63. The number of benzene rings is 1. The number of hydrogen-bond donors (Lipinski definition) is 0. The maximum absolute atomic E-state index is 5.06. The number of anilines is 1. The third kappa shape index (κ3) is 3.69. The van der Waals surface area contributed by atoms with Crippen molar-refractivity contribution in [1.29, 1.82) is 0 Å². The first kappa shape index (κ1) is 12.8. The van der Waals surface area contributed by atoms with E-state index in [2.05, 4.69) is 31.0 Å². The molecule has 0 atom stereocenters. The minimum atomic E-state index is 0.906. The summed E-state index contributed by atoms with van der Waals surface area (Å²) in [6.07, 6.45) is 0. The van der Waals surface area contributed by atoms with E-state index in [9.17, 15) is 0 Å². The molecule has 0 fully saturated rings. The molecule has 0 heterocycles. The molecule has 0 spiro atoms. The molecule has 0 unspecified atom stereocenters. The van der Waals surface area contributed by atoms with Crippen LogP contribution in [0.1, 0.15) is 20.8 Å². The Hall–Kier alpha value is -1.18. The summed E-state index contributed by atoms with van der Waals surface area (Å²) < 4.78 is 5.06. The molecular weight excluding hydrogens is 174 g/mol. The van der Waals surface area contributed by atoms with Gasteiger partial charge in [0.15, 0.2) is 0 Å². The van der Waals surface area contributed by atoms with Crippen molar-refractivity contribution in [3.63, 3.8) is 0 Å². The van der Waals surface area contributed by atoms with Crippen LogP contribution in [0.3, 0.4) is 0 Å². The van der Waals surface area contributed by atoms with Crippen LogP contribution in [0.2, 0.25) is 0 Å². The topological polar surface area (TPSA) is 12.5 Å². The van der Waals surface area contributed by atoms with Crippen LogP contribution >= 0.6 is 0 Å². The molecule has 0 aliphatic rings. The third-order valence-corrected chi connectivity index (χ3v) is 1.99. The summed E-state index contributed by atoms with van der Waals surface area (Å²) in [6.45, 7) is 7.15. The first-order chi connectivity index (χ1) is 6.77. The second kappa shape index (κ2) is 7.25. The average molecular weight is 195 g/mol. The lowest BCUT2D eigenvalue weighted by Crippen LogP contribution is -2.15. The fraction of sp³-hybridized carbons (Fsp3) is 0.500. The number of hydrogen-bond acceptors (Lipinski definition) is 2. The van der Waals surface area contributed by atoms with Crippen LogP contribution in [0.4, 0.5) is 5.69 Å². The molecule has 14 heavy (non-hydrogen) atoms. The van der Waals surface area contributed by atoms with Crippen LogP contribution in [0.5, 0.6) is 5.75 Å². The van der Waals surface area contributed by atoms with Gasteiger partial charge in [0.25, 0.3) is 0 Å². The van der Waals surface area contributed by atoms with Gasteiger partial charge in [-0.1, -0.05) is 13.8 Å². The zero-order chi connectivity index (χ0) is 11.0. The van der Waals surface area contributed by atoms with Gasteiger partial charge in [0.1, 0.15) is 5.75 Å². The number of rotatable bonds is 3. The summed E-state index contributed by atoms with van der Waals surface area (Å²) in [5, 5.41) is 0. The molecule has 0 radical (unpaired) electrons. The lowest BCUT2D eigenvalue weighted by molar-refractivity contribution is 0.415. The van der Waals surface area contributed by atoms with Crippen LogP contribution in [0.15, 0.2) is 24.3 Å². The predicted molar refractivity (Wildman–Crippen MR) is 63.3 cm³/mol. The van der Waals surface area contributed by atoms with Crippen molar-refractivity contribution in [1.82, 2.24) is 0 Å². The Morgan fingerprint density at radius 1 is 1.14 bits per heavy atom. The van der Waals surface area contributed by atoms with Gasteiger partial charge in [-0.2, -0.15) is 0 Å². The van der Waals surface area contributed by atoms with E-state index in [1.807, 2.05) is 26.0 Å². The number of methoxy groups -OCH3 is 1. The fourth-order valence-corrected chi connectivity index (χ4v) is 1.02. The molecule has 0 amide bonds. The van der Waals surface area contributed by atoms with Crippen molar-refractivity contribution >= 4 is 5.69 Å². The maximum atomic E-state index is 5.06. The van der Waals surface area contributed by atoms with Crippen molar-refractivity contribution in [3.05, 3.63) is 24.3 Å². The van der Waals surface area contributed by atoms with Crippen molar-refractivity contribution in [2.75, 3.05) is 25.6 Å². The highest BCUT2D eigenvalue weighted by molar-refractivity contribution is 5.48. The molecule has 2 heteroatoms. The van der Waals surface area contributed by atoms with E-state index in [1.54, 1.807) is 7.11 Å². The lowest BCUT2D eigenvalue weighted by Gasteiger charge is -2.16. The van der Waals surface area contributed by atoms with Gasteiger partial charge in [-0.3, -0.25) is 0 Å². The van der Waals surface area contributed by atoms with Gasteiger partial charge in [0.2, 0.25) is 0 Å². The largest absolute Gasteiger partial charge is 0.497 e. The van der Waals surface area contributed by atoms with E-state index >= 15 is 0 Å².